The highest BCUT2D eigenvalue weighted by Crippen LogP contribution is 2.26. The number of ether oxygens (including phenoxy) is 2. The summed E-state index contributed by atoms with van der Waals surface area (Å²) >= 11 is 0. The molecule has 0 saturated carbocycles. The van der Waals surface area contributed by atoms with Gasteiger partial charge in [0.25, 0.3) is 0 Å². The van der Waals surface area contributed by atoms with E-state index < -0.39 is 10.0 Å². The van der Waals surface area contributed by atoms with Crippen molar-refractivity contribution in [2.24, 2.45) is 0 Å². The lowest BCUT2D eigenvalue weighted by Gasteiger charge is -2.35. The number of rotatable bonds is 7. The predicted octanol–water partition coefficient (Wildman–Crippen LogP) is 3.40. The Balaban J connectivity index is 1.62. The molecule has 0 amide bonds. The van der Waals surface area contributed by atoms with Crippen molar-refractivity contribution in [1.29, 1.82) is 0 Å². The van der Waals surface area contributed by atoms with Crippen molar-refractivity contribution < 1.29 is 17.9 Å². The van der Waals surface area contributed by atoms with Gasteiger partial charge in [-0.05, 0) is 62.1 Å². The maximum absolute atomic E-state index is 12.7. The van der Waals surface area contributed by atoms with E-state index in [-0.39, 0.29) is 23.6 Å². The van der Waals surface area contributed by atoms with Gasteiger partial charge in [0.2, 0.25) is 10.0 Å². The average molecular weight is 433 g/mol. The molecule has 1 fully saturated rings. The number of sulfonamides is 1. The van der Waals surface area contributed by atoms with Crippen LogP contribution < -0.4 is 9.46 Å². The average Bonchev–Trinajstić information content (AvgIpc) is 2.66. The first-order chi connectivity index (χ1) is 14.2. The van der Waals surface area contributed by atoms with Crippen LogP contribution in [0, 0.1) is 13.8 Å². The van der Waals surface area contributed by atoms with Gasteiger partial charge < -0.3 is 9.47 Å². The van der Waals surface area contributed by atoms with Crippen molar-refractivity contribution in [2.45, 2.75) is 57.9 Å². The topological polar surface area (TPSA) is 67.9 Å². The fourth-order valence-electron chi connectivity index (χ4n) is 4.08. The summed E-state index contributed by atoms with van der Waals surface area (Å²) in [6, 6.07) is 11.4. The molecule has 0 spiro atoms. The lowest BCUT2D eigenvalue weighted by atomic mass is 10.1. The zero-order valence-electron chi connectivity index (χ0n) is 18.4. The molecule has 1 aliphatic heterocycles. The Hall–Kier alpha value is -1.93. The Morgan fingerprint density at radius 1 is 1.03 bits per heavy atom. The van der Waals surface area contributed by atoms with Crippen molar-refractivity contribution in [1.82, 2.24) is 9.62 Å². The summed E-state index contributed by atoms with van der Waals surface area (Å²) in [5, 5.41) is 0. The van der Waals surface area contributed by atoms with E-state index in [0.29, 0.717) is 5.75 Å². The summed E-state index contributed by atoms with van der Waals surface area (Å²) in [5.74, 6) is 0.716. The molecule has 0 aliphatic carbocycles. The molecule has 3 rings (SSSR count). The zero-order valence-corrected chi connectivity index (χ0v) is 19.3. The van der Waals surface area contributed by atoms with Crippen LogP contribution in [0.1, 0.15) is 36.1 Å². The van der Waals surface area contributed by atoms with Gasteiger partial charge in [-0.25, -0.2) is 13.1 Å². The molecule has 2 unspecified atom stereocenters. The van der Waals surface area contributed by atoms with Crippen LogP contribution in [0.3, 0.4) is 0 Å². The summed E-state index contributed by atoms with van der Waals surface area (Å²) < 4.78 is 39.3. The van der Waals surface area contributed by atoms with Crippen LogP contribution in [0.5, 0.6) is 5.75 Å². The highest BCUT2D eigenvalue weighted by atomic mass is 32.2. The molecule has 0 aromatic heterocycles. The van der Waals surface area contributed by atoms with E-state index in [1.54, 1.807) is 19.2 Å². The van der Waals surface area contributed by atoms with Crippen LogP contribution >= 0.6 is 0 Å². The molecule has 0 bridgehead atoms. The quantitative estimate of drug-likeness (QED) is 0.726. The molecule has 2 aromatic carbocycles. The van der Waals surface area contributed by atoms with E-state index >= 15 is 0 Å². The summed E-state index contributed by atoms with van der Waals surface area (Å²) in [7, 11) is -2.01. The number of methoxy groups -OCH3 is 1. The fourth-order valence-corrected chi connectivity index (χ4v) is 5.27. The van der Waals surface area contributed by atoms with Gasteiger partial charge >= 0.3 is 0 Å². The van der Waals surface area contributed by atoms with Gasteiger partial charge in [0.1, 0.15) is 5.75 Å². The second-order valence-corrected chi connectivity index (χ2v) is 9.95. The molecule has 2 atom stereocenters. The van der Waals surface area contributed by atoms with Gasteiger partial charge in [-0.15, -0.1) is 0 Å². The van der Waals surface area contributed by atoms with Crippen molar-refractivity contribution in [3.63, 3.8) is 0 Å². The fraction of sp³-hybridized carbons (Fsp3) is 0.478. The lowest BCUT2D eigenvalue weighted by Crippen LogP contribution is -2.44. The summed E-state index contributed by atoms with van der Waals surface area (Å²) in [5.41, 5.74) is 3.74. The van der Waals surface area contributed by atoms with E-state index in [9.17, 15) is 8.42 Å². The third kappa shape index (κ3) is 5.60. The van der Waals surface area contributed by atoms with Gasteiger partial charge in [-0.3, -0.25) is 4.90 Å². The molecule has 7 heteroatoms. The van der Waals surface area contributed by atoms with Crippen LogP contribution in [0.15, 0.2) is 41.3 Å². The maximum Gasteiger partial charge on any atom is 0.240 e. The van der Waals surface area contributed by atoms with E-state index in [4.69, 9.17) is 9.47 Å². The van der Waals surface area contributed by atoms with Gasteiger partial charge in [0, 0.05) is 26.2 Å². The molecule has 2 aromatic rings. The standard InChI is InChI=1S/C23H32N2O4S/c1-16-10-22(11-17(2)23(16)28-5)30(26,27)24-12-20-6-8-21(9-7-20)15-25-13-18(3)29-19(4)14-25/h6-11,18-19,24H,12-15H2,1-5H3. The van der Waals surface area contributed by atoms with Crippen LogP contribution in [-0.2, 0) is 27.8 Å². The molecule has 0 radical (unpaired) electrons. The van der Waals surface area contributed by atoms with Crippen LogP contribution in [0.4, 0.5) is 0 Å². The van der Waals surface area contributed by atoms with Gasteiger partial charge in [0.15, 0.2) is 0 Å². The number of benzene rings is 2. The number of nitrogens with one attached hydrogen (secondary N) is 1. The SMILES string of the molecule is COc1c(C)cc(S(=O)(=O)NCc2ccc(CN3CC(C)OC(C)C3)cc2)cc1C. The zero-order chi connectivity index (χ0) is 21.9. The minimum atomic E-state index is -3.60. The largest absolute Gasteiger partial charge is 0.496 e. The van der Waals surface area contributed by atoms with E-state index in [1.165, 1.54) is 5.56 Å². The first-order valence-corrected chi connectivity index (χ1v) is 11.8. The van der Waals surface area contributed by atoms with Crippen molar-refractivity contribution in [2.75, 3.05) is 20.2 Å². The maximum atomic E-state index is 12.7. The Labute approximate surface area is 180 Å². The third-order valence-electron chi connectivity index (χ3n) is 5.34. The smallest absolute Gasteiger partial charge is 0.240 e. The summed E-state index contributed by atoms with van der Waals surface area (Å²) in [4.78, 5) is 2.65. The van der Waals surface area contributed by atoms with Gasteiger partial charge in [-0.1, -0.05) is 24.3 Å². The normalized spacial score (nSPS) is 20.3. The molecular formula is C23H32N2O4S. The second kappa shape index (κ2) is 9.47. The Kier molecular flexibility index (Phi) is 7.18. The van der Waals surface area contributed by atoms with Crippen LogP contribution in [0.25, 0.3) is 0 Å². The minimum absolute atomic E-state index is 0.243. The lowest BCUT2D eigenvalue weighted by molar-refractivity contribution is -0.0704. The molecule has 6 nitrogen and oxygen atoms in total. The number of hydrogen-bond donors (Lipinski definition) is 1. The van der Waals surface area contributed by atoms with E-state index in [1.807, 2.05) is 26.0 Å². The summed E-state index contributed by atoms with van der Waals surface area (Å²) in [6.45, 7) is 10.9. The third-order valence-corrected chi connectivity index (χ3v) is 6.72. The van der Waals surface area contributed by atoms with Crippen LogP contribution in [-0.4, -0.2) is 45.7 Å². The molecule has 1 heterocycles. The minimum Gasteiger partial charge on any atom is -0.496 e. The number of nitrogens with zero attached hydrogens (tertiary/aromatic N) is 1. The predicted molar refractivity (Wildman–Crippen MR) is 118 cm³/mol. The number of hydrogen-bond acceptors (Lipinski definition) is 5. The highest BCUT2D eigenvalue weighted by molar-refractivity contribution is 7.89. The monoisotopic (exact) mass is 432 g/mol. The van der Waals surface area contributed by atoms with E-state index in [0.717, 1.165) is 36.3 Å². The molecular weight excluding hydrogens is 400 g/mol. The first kappa shape index (κ1) is 22.7. The number of morpholine rings is 1. The molecule has 30 heavy (non-hydrogen) atoms. The van der Waals surface area contributed by atoms with Crippen LogP contribution in [0.2, 0.25) is 0 Å². The van der Waals surface area contributed by atoms with E-state index in [2.05, 4.69) is 35.6 Å². The molecule has 1 saturated heterocycles. The first-order valence-electron chi connectivity index (χ1n) is 10.3. The Morgan fingerprint density at radius 3 is 2.10 bits per heavy atom. The molecule has 164 valence electrons. The van der Waals surface area contributed by atoms with Gasteiger partial charge in [0.05, 0.1) is 24.2 Å². The van der Waals surface area contributed by atoms with Gasteiger partial charge in [-0.2, -0.15) is 0 Å². The second-order valence-electron chi connectivity index (χ2n) is 8.18. The Morgan fingerprint density at radius 2 is 1.57 bits per heavy atom. The molecule has 1 aliphatic rings. The van der Waals surface area contributed by atoms with Crippen molar-refractivity contribution in [3.05, 3.63) is 58.7 Å². The summed E-state index contributed by atoms with van der Waals surface area (Å²) in [6.07, 6.45) is 0.486. The van der Waals surface area contributed by atoms with Crippen molar-refractivity contribution in [3.8, 4) is 5.75 Å². The van der Waals surface area contributed by atoms with Crippen molar-refractivity contribution >= 4 is 10.0 Å². The Bertz CT molecular complexity index is 940. The highest BCUT2D eigenvalue weighted by Gasteiger charge is 2.22. The number of aryl methyl sites for hydroxylation is 2. The molecule has 1 N–H and O–H groups in total.